The molecule has 1 heterocycles. The first kappa shape index (κ1) is 17.2. The number of benzene rings is 1. The van der Waals surface area contributed by atoms with E-state index < -0.39 is 5.78 Å². The monoisotopic (exact) mass is 338 g/mol. The van der Waals surface area contributed by atoms with Crippen LogP contribution in [0.1, 0.15) is 59.7 Å². The summed E-state index contributed by atoms with van der Waals surface area (Å²) >= 11 is 0. The molecule has 3 rings (SSSR count). The van der Waals surface area contributed by atoms with Gasteiger partial charge >= 0.3 is 0 Å². The number of fused-ring (bicyclic) bond motifs is 1. The first-order valence-electron chi connectivity index (χ1n) is 8.52. The van der Waals surface area contributed by atoms with Crippen LogP contribution in [0, 0.1) is 6.92 Å². The summed E-state index contributed by atoms with van der Waals surface area (Å²) in [5.74, 6) is 1.27. The van der Waals surface area contributed by atoms with Gasteiger partial charge in [0.2, 0.25) is 11.6 Å². The first-order chi connectivity index (χ1) is 12.0. The van der Waals surface area contributed by atoms with E-state index in [0.717, 1.165) is 34.6 Å². The van der Waals surface area contributed by atoms with Crippen molar-refractivity contribution in [2.24, 2.45) is 0 Å². The number of rotatable bonds is 5. The molecule has 130 valence electrons. The van der Waals surface area contributed by atoms with Crippen molar-refractivity contribution in [3.05, 3.63) is 58.0 Å². The molecule has 25 heavy (non-hydrogen) atoms. The van der Waals surface area contributed by atoms with E-state index in [2.05, 4.69) is 0 Å². The zero-order valence-corrected chi connectivity index (χ0v) is 15.1. The van der Waals surface area contributed by atoms with Gasteiger partial charge in [0.25, 0.3) is 0 Å². The summed E-state index contributed by atoms with van der Waals surface area (Å²) in [6.45, 7) is 5.72. The third kappa shape index (κ3) is 2.93. The summed E-state index contributed by atoms with van der Waals surface area (Å²) in [7, 11) is 1.63. The molecule has 0 N–H and O–H groups in total. The molecule has 0 saturated heterocycles. The highest BCUT2D eigenvalue weighted by Crippen LogP contribution is 2.37. The van der Waals surface area contributed by atoms with Crippen molar-refractivity contribution in [3.63, 3.8) is 0 Å². The molecule has 0 bridgehead atoms. The van der Waals surface area contributed by atoms with Gasteiger partial charge in [0, 0.05) is 17.6 Å². The molecule has 1 aromatic heterocycles. The first-order valence-corrected chi connectivity index (χ1v) is 8.52. The highest BCUT2D eigenvalue weighted by molar-refractivity contribution is 6.52. The van der Waals surface area contributed by atoms with Crippen LogP contribution in [0.15, 0.2) is 34.3 Å². The van der Waals surface area contributed by atoms with E-state index in [1.165, 1.54) is 0 Å². The zero-order chi connectivity index (χ0) is 18.1. The summed E-state index contributed by atoms with van der Waals surface area (Å²) in [5, 5.41) is 0. The molecule has 1 aliphatic rings. The molecule has 0 aliphatic heterocycles. The van der Waals surface area contributed by atoms with Crippen molar-refractivity contribution in [1.82, 2.24) is 0 Å². The van der Waals surface area contributed by atoms with Crippen LogP contribution in [-0.4, -0.2) is 18.7 Å². The van der Waals surface area contributed by atoms with E-state index in [1.807, 2.05) is 45.0 Å². The molecule has 1 aliphatic carbocycles. The number of Topliss-reactive ketones (excluding diaryl/α,β-unsaturated/α-hetero) is 2. The van der Waals surface area contributed by atoms with Gasteiger partial charge in [-0.2, -0.15) is 0 Å². The molecule has 0 radical (unpaired) electrons. The number of carbonyl (C=O) groups excluding carboxylic acids is 2. The Morgan fingerprint density at radius 1 is 1.04 bits per heavy atom. The van der Waals surface area contributed by atoms with Crippen molar-refractivity contribution < 1.29 is 18.7 Å². The zero-order valence-electron chi connectivity index (χ0n) is 15.1. The summed E-state index contributed by atoms with van der Waals surface area (Å²) < 4.78 is 11.2. The molecule has 0 saturated carbocycles. The highest BCUT2D eigenvalue weighted by Gasteiger charge is 2.35. The fourth-order valence-corrected chi connectivity index (χ4v) is 3.30. The van der Waals surface area contributed by atoms with Gasteiger partial charge in [-0.05, 0) is 43.5 Å². The fourth-order valence-electron chi connectivity index (χ4n) is 3.30. The summed E-state index contributed by atoms with van der Waals surface area (Å²) in [4.78, 5) is 25.0. The maximum Gasteiger partial charge on any atom is 0.237 e. The molecule has 2 aromatic rings. The predicted octanol–water partition coefficient (Wildman–Crippen LogP) is 4.53. The second-order valence-electron chi connectivity index (χ2n) is 6.39. The molecular weight excluding hydrogens is 316 g/mol. The Bertz CT molecular complexity index is 866. The van der Waals surface area contributed by atoms with Crippen LogP contribution < -0.4 is 4.74 Å². The number of hydrogen-bond acceptors (Lipinski definition) is 4. The van der Waals surface area contributed by atoms with Gasteiger partial charge < -0.3 is 9.15 Å². The Morgan fingerprint density at radius 2 is 1.72 bits per heavy atom. The van der Waals surface area contributed by atoms with E-state index in [1.54, 1.807) is 7.11 Å². The third-order valence-electron chi connectivity index (χ3n) is 4.77. The quantitative estimate of drug-likeness (QED) is 0.752. The third-order valence-corrected chi connectivity index (χ3v) is 4.77. The molecule has 0 fully saturated rings. The number of furan rings is 1. The number of ether oxygens (including phenoxy) is 1. The number of allylic oxidation sites excluding steroid dienone is 2. The lowest BCUT2D eigenvalue weighted by atomic mass is 9.85. The largest absolute Gasteiger partial charge is 0.497 e. The minimum absolute atomic E-state index is 0.383. The van der Waals surface area contributed by atoms with Crippen LogP contribution in [-0.2, 0) is 11.2 Å². The van der Waals surface area contributed by atoms with E-state index >= 15 is 0 Å². The van der Waals surface area contributed by atoms with Crippen molar-refractivity contribution in [2.75, 3.05) is 7.11 Å². The molecular formula is C21H22O4. The van der Waals surface area contributed by atoms with Crippen molar-refractivity contribution in [2.45, 2.75) is 40.0 Å². The van der Waals surface area contributed by atoms with Gasteiger partial charge in [-0.15, -0.1) is 0 Å². The topological polar surface area (TPSA) is 56.5 Å². The molecule has 1 aromatic carbocycles. The molecule has 4 nitrogen and oxygen atoms in total. The highest BCUT2D eigenvalue weighted by atomic mass is 16.5. The van der Waals surface area contributed by atoms with E-state index in [-0.39, 0.29) is 5.78 Å². The van der Waals surface area contributed by atoms with Crippen LogP contribution in [0.25, 0.3) is 5.57 Å². The van der Waals surface area contributed by atoms with Gasteiger partial charge in [0.1, 0.15) is 17.3 Å². The van der Waals surface area contributed by atoms with Crippen LogP contribution >= 0.6 is 0 Å². The van der Waals surface area contributed by atoms with Gasteiger partial charge in [0.05, 0.1) is 12.7 Å². The second kappa shape index (κ2) is 6.71. The molecule has 0 atom stereocenters. The SMILES string of the molecule is CCCC1=C(C)c2oc(Cc3ccc(OC)cc3)c(C)c2C(=O)C1=O. The number of methoxy groups -OCH3 is 1. The lowest BCUT2D eigenvalue weighted by Gasteiger charge is -2.14. The Balaban J connectivity index is 2.01. The standard InChI is InChI=1S/C21H22O4/c1-5-6-16-12(2)21-18(20(23)19(16)22)13(3)17(25-21)11-14-7-9-15(24-4)10-8-14/h7-10H,5-6,11H2,1-4H3. The van der Waals surface area contributed by atoms with E-state index in [0.29, 0.717) is 29.7 Å². The normalized spacial score (nSPS) is 14.1. The summed E-state index contributed by atoms with van der Waals surface area (Å²) in [6.07, 6.45) is 1.99. The van der Waals surface area contributed by atoms with Crippen molar-refractivity contribution >= 4 is 17.1 Å². The maximum absolute atomic E-state index is 12.6. The lowest BCUT2D eigenvalue weighted by Crippen LogP contribution is -2.23. The Labute approximate surface area is 147 Å². The van der Waals surface area contributed by atoms with Crippen LogP contribution in [0.3, 0.4) is 0 Å². The molecule has 0 spiro atoms. The lowest BCUT2D eigenvalue weighted by molar-refractivity contribution is -0.112. The summed E-state index contributed by atoms with van der Waals surface area (Å²) in [6, 6.07) is 7.73. The number of carbonyl (C=O) groups is 2. The number of ketones is 2. The van der Waals surface area contributed by atoms with Crippen molar-refractivity contribution in [1.29, 1.82) is 0 Å². The average molecular weight is 338 g/mol. The van der Waals surface area contributed by atoms with Crippen LogP contribution in [0.2, 0.25) is 0 Å². The summed E-state index contributed by atoms with van der Waals surface area (Å²) in [5.41, 5.74) is 3.64. The van der Waals surface area contributed by atoms with Gasteiger partial charge in [-0.25, -0.2) is 0 Å². The van der Waals surface area contributed by atoms with Gasteiger partial charge in [0.15, 0.2) is 0 Å². The molecule has 0 amide bonds. The molecule has 0 unspecified atom stereocenters. The minimum atomic E-state index is -0.439. The minimum Gasteiger partial charge on any atom is -0.497 e. The van der Waals surface area contributed by atoms with Gasteiger partial charge in [-0.1, -0.05) is 25.5 Å². The van der Waals surface area contributed by atoms with E-state index in [4.69, 9.17) is 9.15 Å². The maximum atomic E-state index is 12.6. The van der Waals surface area contributed by atoms with Gasteiger partial charge in [-0.3, -0.25) is 9.59 Å². The number of hydrogen-bond donors (Lipinski definition) is 0. The second-order valence-corrected chi connectivity index (χ2v) is 6.39. The van der Waals surface area contributed by atoms with E-state index in [9.17, 15) is 9.59 Å². The van der Waals surface area contributed by atoms with Crippen molar-refractivity contribution in [3.8, 4) is 5.75 Å². The Hall–Kier alpha value is -2.62. The fraction of sp³-hybridized carbons (Fsp3) is 0.333. The Morgan fingerprint density at radius 3 is 2.32 bits per heavy atom. The smallest absolute Gasteiger partial charge is 0.237 e. The predicted molar refractivity (Wildman–Crippen MR) is 96.1 cm³/mol. The Kier molecular flexibility index (Phi) is 4.62. The van der Waals surface area contributed by atoms with Crippen LogP contribution in [0.5, 0.6) is 5.75 Å². The average Bonchev–Trinajstić information content (AvgIpc) is 2.94. The molecule has 4 heteroatoms. The van der Waals surface area contributed by atoms with Crippen LogP contribution in [0.4, 0.5) is 0 Å².